The number of carboxylic acids is 1. The van der Waals surface area contributed by atoms with Crippen molar-refractivity contribution in [3.8, 4) is 0 Å². The Hall–Kier alpha value is -2.04. The molecule has 2 rings (SSSR count). The number of halogens is 2. The molecule has 2 aromatic carbocycles. The number of nitrogens with one attached hydrogen (secondary N) is 1. The fourth-order valence-corrected chi connectivity index (χ4v) is 2.19. The molecule has 0 atom stereocenters. The van der Waals surface area contributed by atoms with Gasteiger partial charge >= 0.3 is 5.97 Å². The van der Waals surface area contributed by atoms with Crippen LogP contribution in [0.1, 0.15) is 15.9 Å². The lowest BCUT2D eigenvalue weighted by molar-refractivity contribution is -0.115. The van der Waals surface area contributed by atoms with E-state index in [-0.39, 0.29) is 23.6 Å². The van der Waals surface area contributed by atoms with Crippen LogP contribution >= 0.6 is 23.2 Å². The molecule has 0 saturated carbocycles. The summed E-state index contributed by atoms with van der Waals surface area (Å²) in [6.07, 6.45) is 0.0469. The highest BCUT2D eigenvalue weighted by Gasteiger charge is 2.14. The molecule has 0 bridgehead atoms. The maximum absolute atomic E-state index is 12.0. The van der Waals surface area contributed by atoms with Crippen LogP contribution in [0.4, 0.5) is 5.69 Å². The van der Waals surface area contributed by atoms with Crippen molar-refractivity contribution in [1.82, 2.24) is 0 Å². The lowest BCUT2D eigenvalue weighted by Gasteiger charge is -2.09. The molecule has 6 heteroatoms. The van der Waals surface area contributed by atoms with Crippen molar-refractivity contribution < 1.29 is 14.7 Å². The van der Waals surface area contributed by atoms with Gasteiger partial charge in [-0.15, -0.1) is 0 Å². The standard InChI is InChI=1S/C15H11Cl2NO3/c16-10-5-6-11(15(20)21)13(8-10)18-14(19)7-9-3-1-2-4-12(9)17/h1-6,8H,7H2,(H,18,19)(H,20,21). The first-order chi connectivity index (χ1) is 9.97. The molecule has 0 saturated heterocycles. The average molecular weight is 324 g/mol. The number of hydrogen-bond acceptors (Lipinski definition) is 2. The first kappa shape index (κ1) is 15.4. The van der Waals surface area contributed by atoms with Gasteiger partial charge in [0, 0.05) is 10.0 Å². The summed E-state index contributed by atoms with van der Waals surface area (Å²) in [5.74, 6) is -1.51. The Labute approximate surface area is 131 Å². The molecule has 0 fully saturated rings. The topological polar surface area (TPSA) is 66.4 Å². The predicted molar refractivity (Wildman–Crippen MR) is 82.2 cm³/mol. The van der Waals surface area contributed by atoms with Crippen LogP contribution in [0, 0.1) is 0 Å². The van der Waals surface area contributed by atoms with Crippen molar-refractivity contribution in [3.63, 3.8) is 0 Å². The molecule has 0 aliphatic heterocycles. The van der Waals surface area contributed by atoms with E-state index >= 15 is 0 Å². The zero-order chi connectivity index (χ0) is 15.4. The van der Waals surface area contributed by atoms with Gasteiger partial charge < -0.3 is 10.4 Å². The molecule has 4 nitrogen and oxygen atoms in total. The number of benzene rings is 2. The van der Waals surface area contributed by atoms with Crippen LogP contribution in [0.15, 0.2) is 42.5 Å². The number of amides is 1. The Kier molecular flexibility index (Phi) is 4.83. The fourth-order valence-electron chi connectivity index (χ4n) is 1.82. The molecule has 0 heterocycles. The SMILES string of the molecule is O=C(Cc1ccccc1Cl)Nc1cc(Cl)ccc1C(=O)O. The summed E-state index contributed by atoms with van der Waals surface area (Å²) < 4.78 is 0. The molecular formula is C15H11Cl2NO3. The Balaban J connectivity index is 2.18. The largest absolute Gasteiger partial charge is 0.478 e. The lowest BCUT2D eigenvalue weighted by Crippen LogP contribution is -2.17. The summed E-state index contributed by atoms with van der Waals surface area (Å²) in [6, 6.07) is 11.2. The number of carbonyl (C=O) groups excluding carboxylic acids is 1. The normalized spacial score (nSPS) is 10.2. The second-order valence-corrected chi connectivity index (χ2v) is 5.16. The van der Waals surface area contributed by atoms with Crippen LogP contribution in [0.3, 0.4) is 0 Å². The van der Waals surface area contributed by atoms with Gasteiger partial charge in [0.15, 0.2) is 0 Å². The van der Waals surface area contributed by atoms with Crippen molar-refractivity contribution in [2.75, 3.05) is 5.32 Å². The smallest absolute Gasteiger partial charge is 0.337 e. The van der Waals surface area contributed by atoms with Gasteiger partial charge in [0.25, 0.3) is 0 Å². The monoisotopic (exact) mass is 323 g/mol. The van der Waals surface area contributed by atoms with Gasteiger partial charge in [-0.3, -0.25) is 4.79 Å². The van der Waals surface area contributed by atoms with Crippen LogP contribution in [0.25, 0.3) is 0 Å². The third-order valence-electron chi connectivity index (χ3n) is 2.79. The van der Waals surface area contributed by atoms with E-state index in [1.165, 1.54) is 18.2 Å². The van der Waals surface area contributed by atoms with Crippen LogP contribution in [-0.2, 0) is 11.2 Å². The Morgan fingerprint density at radius 2 is 1.81 bits per heavy atom. The summed E-state index contributed by atoms with van der Waals surface area (Å²) in [6.45, 7) is 0. The highest BCUT2D eigenvalue weighted by atomic mass is 35.5. The molecule has 1 amide bonds. The Morgan fingerprint density at radius 1 is 1.10 bits per heavy atom. The number of aromatic carboxylic acids is 1. The van der Waals surface area contributed by atoms with E-state index in [9.17, 15) is 9.59 Å². The van der Waals surface area contributed by atoms with Gasteiger partial charge in [-0.05, 0) is 29.8 Å². The minimum Gasteiger partial charge on any atom is -0.478 e. The molecule has 0 aromatic heterocycles. The van der Waals surface area contributed by atoms with Crippen molar-refractivity contribution in [2.45, 2.75) is 6.42 Å². The van der Waals surface area contributed by atoms with Crippen molar-refractivity contribution in [3.05, 3.63) is 63.6 Å². The number of carbonyl (C=O) groups is 2. The third kappa shape index (κ3) is 3.97. The van der Waals surface area contributed by atoms with E-state index in [1.54, 1.807) is 24.3 Å². The Bertz CT molecular complexity index is 701. The maximum Gasteiger partial charge on any atom is 0.337 e. The summed E-state index contributed by atoms with van der Waals surface area (Å²) >= 11 is 11.8. The third-order valence-corrected chi connectivity index (χ3v) is 3.40. The van der Waals surface area contributed by atoms with E-state index < -0.39 is 5.97 Å². The predicted octanol–water partition coefficient (Wildman–Crippen LogP) is 3.87. The average Bonchev–Trinajstić information content (AvgIpc) is 2.41. The molecule has 0 unspecified atom stereocenters. The highest BCUT2D eigenvalue weighted by Crippen LogP contribution is 2.22. The van der Waals surface area contributed by atoms with Gasteiger partial charge in [0.2, 0.25) is 5.91 Å². The van der Waals surface area contributed by atoms with E-state index in [1.807, 2.05) is 0 Å². The molecular weight excluding hydrogens is 313 g/mol. The van der Waals surface area contributed by atoms with Crippen LogP contribution in [-0.4, -0.2) is 17.0 Å². The van der Waals surface area contributed by atoms with Gasteiger partial charge in [-0.25, -0.2) is 4.79 Å². The van der Waals surface area contributed by atoms with E-state index in [4.69, 9.17) is 28.3 Å². The molecule has 0 spiro atoms. The fraction of sp³-hybridized carbons (Fsp3) is 0.0667. The number of carboxylic acid groups (broad SMARTS) is 1. The van der Waals surface area contributed by atoms with Crippen molar-refractivity contribution in [2.24, 2.45) is 0 Å². The molecule has 21 heavy (non-hydrogen) atoms. The lowest BCUT2D eigenvalue weighted by atomic mass is 10.1. The molecule has 2 aromatic rings. The molecule has 108 valence electrons. The highest BCUT2D eigenvalue weighted by molar-refractivity contribution is 6.32. The second-order valence-electron chi connectivity index (χ2n) is 4.31. The van der Waals surface area contributed by atoms with E-state index in [0.717, 1.165) is 0 Å². The molecule has 0 aliphatic rings. The number of hydrogen-bond donors (Lipinski definition) is 2. The van der Waals surface area contributed by atoms with Gasteiger partial charge in [0.05, 0.1) is 17.7 Å². The minimum atomic E-state index is -1.14. The number of rotatable bonds is 4. The van der Waals surface area contributed by atoms with Crippen molar-refractivity contribution >= 4 is 40.8 Å². The maximum atomic E-state index is 12.0. The first-order valence-electron chi connectivity index (χ1n) is 6.03. The van der Waals surface area contributed by atoms with Crippen LogP contribution < -0.4 is 5.32 Å². The summed E-state index contributed by atoms with van der Waals surface area (Å²) in [5.41, 5.74) is 0.800. The van der Waals surface area contributed by atoms with Gasteiger partial charge in [-0.2, -0.15) is 0 Å². The van der Waals surface area contributed by atoms with Gasteiger partial charge in [0.1, 0.15) is 0 Å². The molecule has 0 aliphatic carbocycles. The summed E-state index contributed by atoms with van der Waals surface area (Å²) in [4.78, 5) is 23.1. The van der Waals surface area contributed by atoms with Crippen LogP contribution in [0.2, 0.25) is 10.0 Å². The number of anilines is 1. The zero-order valence-corrected chi connectivity index (χ0v) is 12.3. The first-order valence-corrected chi connectivity index (χ1v) is 6.79. The summed E-state index contributed by atoms with van der Waals surface area (Å²) in [7, 11) is 0. The summed E-state index contributed by atoms with van der Waals surface area (Å²) in [5, 5.41) is 12.5. The minimum absolute atomic E-state index is 0.0214. The second kappa shape index (κ2) is 6.61. The van der Waals surface area contributed by atoms with Crippen molar-refractivity contribution in [1.29, 1.82) is 0 Å². The quantitative estimate of drug-likeness (QED) is 0.897. The van der Waals surface area contributed by atoms with Gasteiger partial charge in [-0.1, -0.05) is 41.4 Å². The van der Waals surface area contributed by atoms with Crippen LogP contribution in [0.5, 0.6) is 0 Å². The zero-order valence-electron chi connectivity index (χ0n) is 10.8. The molecule has 2 N–H and O–H groups in total. The van der Waals surface area contributed by atoms with E-state index in [0.29, 0.717) is 15.6 Å². The van der Waals surface area contributed by atoms with E-state index in [2.05, 4.69) is 5.32 Å². The molecule has 0 radical (unpaired) electrons. The Morgan fingerprint density at radius 3 is 2.48 bits per heavy atom.